The van der Waals surface area contributed by atoms with Crippen LogP contribution in [0.2, 0.25) is 0 Å². The van der Waals surface area contributed by atoms with Gasteiger partial charge >= 0.3 is 0 Å². The van der Waals surface area contributed by atoms with E-state index in [1.807, 2.05) is 33.9 Å². The summed E-state index contributed by atoms with van der Waals surface area (Å²) >= 11 is 0. The topological polar surface area (TPSA) is 42.0 Å². The van der Waals surface area contributed by atoms with E-state index in [9.17, 15) is 9.18 Å². The van der Waals surface area contributed by atoms with Gasteiger partial charge in [-0.1, -0.05) is 11.6 Å². The molecule has 2 aliphatic carbocycles. The Hall–Kier alpha value is -2.23. The minimum absolute atomic E-state index is 0.0703. The molecule has 0 radical (unpaired) electrons. The summed E-state index contributed by atoms with van der Waals surface area (Å²) in [4.78, 5) is 16.9. The maximum atomic E-state index is 13.8. The van der Waals surface area contributed by atoms with Crippen LogP contribution in [0.4, 0.5) is 4.39 Å². The molecule has 3 nitrogen and oxygen atoms in total. The van der Waals surface area contributed by atoms with Crippen LogP contribution in [-0.4, -0.2) is 16.4 Å². The number of aromatic nitrogens is 1. The zero-order chi connectivity index (χ0) is 20.1. The van der Waals surface area contributed by atoms with Crippen LogP contribution in [-0.2, 0) is 4.79 Å². The number of carbonyl (C=O) groups is 1. The van der Waals surface area contributed by atoms with E-state index in [0.29, 0.717) is 17.8 Å². The van der Waals surface area contributed by atoms with E-state index in [1.54, 1.807) is 12.1 Å². The van der Waals surface area contributed by atoms with Crippen LogP contribution in [0.3, 0.4) is 0 Å². The Kier molecular flexibility index (Phi) is 4.76. The third-order valence-electron chi connectivity index (χ3n) is 6.30. The second-order valence-electron chi connectivity index (χ2n) is 9.56. The van der Waals surface area contributed by atoms with Gasteiger partial charge in [0, 0.05) is 17.1 Å². The van der Waals surface area contributed by atoms with Gasteiger partial charge in [0.25, 0.3) is 0 Å². The average molecular weight is 381 g/mol. The van der Waals surface area contributed by atoms with E-state index in [-0.39, 0.29) is 23.2 Å². The number of nitrogens with one attached hydrogen (secondary N) is 1. The number of hydrogen-bond donors (Lipinski definition) is 1. The number of fused-ring (bicyclic) bond motifs is 2. The van der Waals surface area contributed by atoms with Crippen molar-refractivity contribution >= 4 is 16.8 Å². The summed E-state index contributed by atoms with van der Waals surface area (Å²) in [5, 5.41) is 4.04. The van der Waals surface area contributed by atoms with Gasteiger partial charge in [-0.15, -0.1) is 0 Å². The van der Waals surface area contributed by atoms with Gasteiger partial charge in [-0.05, 0) is 94.5 Å². The molecule has 148 valence electrons. The molecule has 1 aromatic heterocycles. The summed E-state index contributed by atoms with van der Waals surface area (Å²) < 4.78 is 13.8. The van der Waals surface area contributed by atoms with Crippen molar-refractivity contribution in [2.45, 2.75) is 58.4 Å². The molecule has 0 bridgehead atoms. The van der Waals surface area contributed by atoms with Crippen molar-refractivity contribution in [3.05, 3.63) is 53.5 Å². The molecule has 2 aromatic rings. The predicted molar refractivity (Wildman–Crippen MR) is 110 cm³/mol. The number of nitrogens with zero attached hydrogens (tertiary/aromatic N) is 1. The molecular formula is C24H29FN2O. The zero-order valence-corrected chi connectivity index (χ0v) is 17.1. The van der Waals surface area contributed by atoms with Crippen molar-refractivity contribution in [2.75, 3.05) is 0 Å². The summed E-state index contributed by atoms with van der Waals surface area (Å²) in [5.74, 6) is 1.37. The minimum Gasteiger partial charge on any atom is -0.351 e. The Balaban J connectivity index is 1.51. The number of benzene rings is 1. The van der Waals surface area contributed by atoms with E-state index in [1.165, 1.54) is 17.2 Å². The van der Waals surface area contributed by atoms with Crippen molar-refractivity contribution in [3.63, 3.8) is 0 Å². The first kappa shape index (κ1) is 19.1. The third kappa shape index (κ3) is 3.69. The Morgan fingerprint density at radius 2 is 2.04 bits per heavy atom. The highest BCUT2D eigenvalue weighted by Gasteiger charge is 2.40. The van der Waals surface area contributed by atoms with Gasteiger partial charge < -0.3 is 5.32 Å². The molecular weight excluding hydrogens is 351 g/mol. The summed E-state index contributed by atoms with van der Waals surface area (Å²) in [5.41, 5.74) is 3.15. The molecule has 1 unspecified atom stereocenters. The van der Waals surface area contributed by atoms with Crippen molar-refractivity contribution in [1.29, 1.82) is 0 Å². The molecule has 1 amide bonds. The lowest BCUT2D eigenvalue weighted by Gasteiger charge is -2.24. The zero-order valence-electron chi connectivity index (χ0n) is 17.1. The molecule has 1 fully saturated rings. The second kappa shape index (κ2) is 6.98. The smallest absolute Gasteiger partial charge is 0.227 e. The molecule has 4 heteroatoms. The summed E-state index contributed by atoms with van der Waals surface area (Å²) in [6, 6.07) is 6.91. The first-order chi connectivity index (χ1) is 13.2. The number of carbonyl (C=O) groups excluding carboxylic acids is 1. The molecule has 0 aliphatic heterocycles. The maximum Gasteiger partial charge on any atom is 0.227 e. The Bertz CT molecular complexity index is 943. The van der Waals surface area contributed by atoms with E-state index < -0.39 is 0 Å². The molecule has 2 aliphatic rings. The monoisotopic (exact) mass is 380 g/mol. The van der Waals surface area contributed by atoms with Crippen LogP contribution >= 0.6 is 0 Å². The molecule has 1 heterocycles. The molecule has 28 heavy (non-hydrogen) atoms. The highest BCUT2D eigenvalue weighted by atomic mass is 19.1. The molecule has 4 atom stereocenters. The highest BCUT2D eigenvalue weighted by Crippen LogP contribution is 2.51. The van der Waals surface area contributed by atoms with Crippen LogP contribution < -0.4 is 5.32 Å². The minimum atomic E-state index is -0.208. The largest absolute Gasteiger partial charge is 0.351 e. The lowest BCUT2D eigenvalue weighted by molar-refractivity contribution is -0.124. The molecule has 4 rings (SSSR count). The maximum absolute atomic E-state index is 13.8. The van der Waals surface area contributed by atoms with E-state index in [0.717, 1.165) is 30.2 Å². The highest BCUT2D eigenvalue weighted by molar-refractivity contribution is 5.83. The van der Waals surface area contributed by atoms with Gasteiger partial charge in [-0.2, -0.15) is 0 Å². The average Bonchev–Trinajstić information content (AvgIpc) is 3.18. The molecule has 1 N–H and O–H groups in total. The van der Waals surface area contributed by atoms with Crippen molar-refractivity contribution in [2.24, 2.45) is 17.8 Å². The summed E-state index contributed by atoms with van der Waals surface area (Å²) in [7, 11) is 0. The molecule has 0 spiro atoms. The quantitative estimate of drug-likeness (QED) is 0.728. The summed E-state index contributed by atoms with van der Waals surface area (Å²) in [6.07, 6.45) is 7.34. The molecule has 0 saturated heterocycles. The predicted octanol–water partition coefficient (Wildman–Crippen LogP) is 5.36. The Morgan fingerprint density at radius 1 is 1.25 bits per heavy atom. The first-order valence-electron chi connectivity index (χ1n) is 10.3. The summed E-state index contributed by atoms with van der Waals surface area (Å²) in [6.45, 7) is 8.07. The third-order valence-corrected chi connectivity index (χ3v) is 6.30. The van der Waals surface area contributed by atoms with Gasteiger partial charge in [0.15, 0.2) is 0 Å². The van der Waals surface area contributed by atoms with Crippen LogP contribution in [0.5, 0.6) is 0 Å². The normalized spacial score (nSPS) is 25.5. The number of rotatable bonds is 3. The fraction of sp³-hybridized carbons (Fsp3) is 0.500. The fourth-order valence-corrected chi connectivity index (χ4v) is 4.96. The number of amides is 1. The standard InChI is InChI=1S/C24H29FN2O/c1-14(23(28)27-24(2,3)4)15-9-16-11-18(12-17(16)10-15)20-7-8-26-22-6-5-19(25)13-21(20)22/h5-9,13-14,16-18H,10-12H2,1-4H3,(H,27,28)/t14?,16-,17+,18+/m0/s1. The lowest BCUT2D eigenvalue weighted by atomic mass is 9.90. The van der Waals surface area contributed by atoms with Gasteiger partial charge in [0.05, 0.1) is 11.4 Å². The molecule has 1 aromatic carbocycles. The number of halogens is 1. The van der Waals surface area contributed by atoms with E-state index >= 15 is 0 Å². The van der Waals surface area contributed by atoms with Crippen molar-refractivity contribution in [1.82, 2.24) is 10.3 Å². The van der Waals surface area contributed by atoms with Gasteiger partial charge in [0.2, 0.25) is 5.91 Å². The lowest BCUT2D eigenvalue weighted by Crippen LogP contribution is -2.43. The van der Waals surface area contributed by atoms with Crippen molar-refractivity contribution in [3.8, 4) is 0 Å². The SMILES string of the molecule is CC(C(=O)NC(C)(C)C)C1=C[C@H]2C[C@@H](c3ccnc4ccc(F)cc34)C[C@H]2C1. The van der Waals surface area contributed by atoms with E-state index in [2.05, 4.69) is 22.4 Å². The van der Waals surface area contributed by atoms with Gasteiger partial charge in [-0.3, -0.25) is 9.78 Å². The van der Waals surface area contributed by atoms with Gasteiger partial charge in [0.1, 0.15) is 5.82 Å². The van der Waals surface area contributed by atoms with Crippen molar-refractivity contribution < 1.29 is 9.18 Å². The van der Waals surface area contributed by atoms with Crippen LogP contribution in [0, 0.1) is 23.6 Å². The fourth-order valence-electron chi connectivity index (χ4n) is 4.96. The molecule has 1 saturated carbocycles. The van der Waals surface area contributed by atoms with Crippen LogP contribution in [0.15, 0.2) is 42.1 Å². The van der Waals surface area contributed by atoms with Gasteiger partial charge in [-0.25, -0.2) is 4.39 Å². The van der Waals surface area contributed by atoms with Crippen LogP contribution in [0.1, 0.15) is 58.4 Å². The number of hydrogen-bond acceptors (Lipinski definition) is 2. The van der Waals surface area contributed by atoms with Crippen LogP contribution in [0.25, 0.3) is 10.9 Å². The Morgan fingerprint density at radius 3 is 2.75 bits per heavy atom. The first-order valence-corrected chi connectivity index (χ1v) is 10.3. The van der Waals surface area contributed by atoms with E-state index in [4.69, 9.17) is 0 Å². The number of allylic oxidation sites excluding steroid dienone is 1. The second-order valence-corrected chi connectivity index (χ2v) is 9.56. The Labute approximate surface area is 166 Å². The number of pyridine rings is 1.